The van der Waals surface area contributed by atoms with Crippen LogP contribution in [0.15, 0.2) is 36.4 Å². The van der Waals surface area contributed by atoms with Gasteiger partial charge in [0.2, 0.25) is 5.91 Å². The van der Waals surface area contributed by atoms with Crippen LogP contribution in [0.5, 0.6) is 0 Å². The lowest BCUT2D eigenvalue weighted by molar-refractivity contribution is -0.121. The third-order valence-electron chi connectivity index (χ3n) is 5.49. The number of nitrogens with zero attached hydrogens (tertiary/aromatic N) is 4. The topological polar surface area (TPSA) is 78.8 Å². The van der Waals surface area contributed by atoms with Gasteiger partial charge in [-0.3, -0.25) is 14.8 Å². The maximum Gasteiger partial charge on any atom is 0.227 e. The Kier molecular flexibility index (Phi) is 5.49. The zero-order chi connectivity index (χ0) is 20.4. The van der Waals surface area contributed by atoms with Crippen LogP contribution in [-0.4, -0.2) is 43.9 Å². The summed E-state index contributed by atoms with van der Waals surface area (Å²) >= 11 is 0. The number of nitrogens with one attached hydrogen (secondary N) is 2. The Balaban J connectivity index is 1.30. The van der Waals surface area contributed by atoms with Crippen LogP contribution in [-0.2, 0) is 11.3 Å². The first-order valence-corrected chi connectivity index (χ1v) is 10.2. The van der Waals surface area contributed by atoms with Crippen molar-refractivity contribution in [1.82, 2.24) is 24.9 Å². The van der Waals surface area contributed by atoms with Gasteiger partial charge in [0.05, 0.1) is 17.1 Å². The Morgan fingerprint density at radius 3 is 2.45 bits per heavy atom. The van der Waals surface area contributed by atoms with Gasteiger partial charge in [0.15, 0.2) is 0 Å². The molecular formula is C22H28N6O. The monoisotopic (exact) mass is 392 g/mol. The molecule has 1 aliphatic rings. The van der Waals surface area contributed by atoms with Crippen LogP contribution >= 0.6 is 0 Å². The number of amides is 1. The molecule has 0 bridgehead atoms. The summed E-state index contributed by atoms with van der Waals surface area (Å²) in [5.41, 5.74) is 6.06. The lowest BCUT2D eigenvalue weighted by Crippen LogP contribution is -2.37. The molecule has 1 fully saturated rings. The molecule has 3 aromatic rings. The number of hydrogen-bond acceptors (Lipinski definition) is 4. The summed E-state index contributed by atoms with van der Waals surface area (Å²) in [6.07, 6.45) is 1.75. The van der Waals surface area contributed by atoms with E-state index < -0.39 is 0 Å². The molecule has 1 amide bonds. The summed E-state index contributed by atoms with van der Waals surface area (Å²) in [6, 6.07) is 12.0. The van der Waals surface area contributed by atoms with Gasteiger partial charge in [0.25, 0.3) is 0 Å². The molecule has 0 unspecified atom stereocenters. The lowest BCUT2D eigenvalue weighted by Gasteiger charge is -2.30. The van der Waals surface area contributed by atoms with Crippen LogP contribution in [0.3, 0.4) is 0 Å². The molecule has 1 aliphatic heterocycles. The minimum Gasteiger partial charge on any atom is -0.326 e. The summed E-state index contributed by atoms with van der Waals surface area (Å²) in [5.74, 6) is 0.169. The van der Waals surface area contributed by atoms with Gasteiger partial charge < -0.3 is 5.32 Å². The second-order valence-electron chi connectivity index (χ2n) is 7.97. The molecule has 0 radical (unpaired) electrons. The molecule has 2 N–H and O–H groups in total. The largest absolute Gasteiger partial charge is 0.326 e. The van der Waals surface area contributed by atoms with Gasteiger partial charge in [0, 0.05) is 29.5 Å². The van der Waals surface area contributed by atoms with E-state index in [1.807, 2.05) is 49.7 Å². The van der Waals surface area contributed by atoms with E-state index in [0.717, 1.165) is 66.6 Å². The fraction of sp³-hybridized carbons (Fsp3) is 0.409. The number of anilines is 1. The molecule has 7 heteroatoms. The highest BCUT2D eigenvalue weighted by molar-refractivity contribution is 5.92. The number of piperidine rings is 1. The molecule has 0 atom stereocenters. The average Bonchev–Trinajstić information content (AvgIpc) is 3.27. The average molecular weight is 393 g/mol. The fourth-order valence-electron chi connectivity index (χ4n) is 3.96. The maximum absolute atomic E-state index is 12.7. The van der Waals surface area contributed by atoms with Gasteiger partial charge in [-0.2, -0.15) is 10.2 Å². The second-order valence-corrected chi connectivity index (χ2v) is 7.97. The van der Waals surface area contributed by atoms with Crippen LogP contribution in [0.1, 0.15) is 35.6 Å². The van der Waals surface area contributed by atoms with Crippen molar-refractivity contribution >= 4 is 11.6 Å². The molecule has 4 rings (SSSR count). The quantitative estimate of drug-likeness (QED) is 0.698. The predicted molar refractivity (Wildman–Crippen MR) is 113 cm³/mol. The first-order chi connectivity index (χ1) is 14.0. The van der Waals surface area contributed by atoms with E-state index in [0.29, 0.717) is 0 Å². The minimum atomic E-state index is 0.0582. The van der Waals surface area contributed by atoms with Crippen LogP contribution in [0, 0.1) is 26.7 Å². The van der Waals surface area contributed by atoms with Crippen LogP contribution in [0.25, 0.3) is 5.69 Å². The number of aromatic amines is 1. The lowest BCUT2D eigenvalue weighted by atomic mass is 9.95. The highest BCUT2D eigenvalue weighted by Crippen LogP contribution is 2.22. The van der Waals surface area contributed by atoms with Crippen molar-refractivity contribution in [3.8, 4) is 5.69 Å². The smallest absolute Gasteiger partial charge is 0.227 e. The molecule has 152 valence electrons. The molecular weight excluding hydrogens is 364 g/mol. The number of carbonyl (C=O) groups excluding carboxylic acids is 1. The number of aromatic nitrogens is 4. The van der Waals surface area contributed by atoms with Gasteiger partial charge >= 0.3 is 0 Å². The maximum atomic E-state index is 12.7. The first kappa shape index (κ1) is 19.4. The first-order valence-electron chi connectivity index (χ1n) is 10.2. The van der Waals surface area contributed by atoms with E-state index in [1.165, 1.54) is 0 Å². The number of carbonyl (C=O) groups is 1. The second kappa shape index (κ2) is 8.21. The number of benzene rings is 1. The van der Waals surface area contributed by atoms with Crippen molar-refractivity contribution in [1.29, 1.82) is 0 Å². The summed E-state index contributed by atoms with van der Waals surface area (Å²) in [7, 11) is 0. The number of hydrogen-bond donors (Lipinski definition) is 2. The van der Waals surface area contributed by atoms with Crippen molar-refractivity contribution in [3.05, 3.63) is 59.2 Å². The molecule has 1 aromatic carbocycles. The van der Waals surface area contributed by atoms with Crippen LogP contribution in [0.2, 0.25) is 0 Å². The Morgan fingerprint density at radius 2 is 1.86 bits per heavy atom. The third-order valence-corrected chi connectivity index (χ3v) is 5.49. The van der Waals surface area contributed by atoms with Gasteiger partial charge in [0.1, 0.15) is 0 Å². The van der Waals surface area contributed by atoms with Crippen molar-refractivity contribution in [2.45, 2.75) is 40.2 Å². The van der Waals surface area contributed by atoms with E-state index in [2.05, 4.69) is 37.6 Å². The Bertz CT molecular complexity index is 979. The zero-order valence-electron chi connectivity index (χ0n) is 17.3. The van der Waals surface area contributed by atoms with Crippen molar-refractivity contribution in [3.63, 3.8) is 0 Å². The number of likely N-dealkylation sites (tertiary alicyclic amines) is 1. The predicted octanol–water partition coefficient (Wildman–Crippen LogP) is 3.37. The standard InChI is InChI=1S/C22H28N6O/c1-15-13-20(25-24-15)14-27-10-8-18(9-11-27)22(29)23-19-4-6-21(7-5-19)28-17(3)12-16(2)26-28/h4-7,12-13,18H,8-11,14H2,1-3H3,(H,23,29)(H,24,25). The Hall–Kier alpha value is -2.93. The van der Waals surface area contributed by atoms with Crippen molar-refractivity contribution in [2.75, 3.05) is 18.4 Å². The number of H-pyrrole nitrogens is 1. The highest BCUT2D eigenvalue weighted by Gasteiger charge is 2.25. The molecule has 0 saturated carbocycles. The van der Waals surface area contributed by atoms with E-state index in [-0.39, 0.29) is 11.8 Å². The molecule has 2 aromatic heterocycles. The number of aryl methyl sites for hydroxylation is 3. The summed E-state index contributed by atoms with van der Waals surface area (Å²) in [5, 5.41) is 14.9. The minimum absolute atomic E-state index is 0.0582. The molecule has 0 aliphatic carbocycles. The molecule has 0 spiro atoms. The van der Waals surface area contributed by atoms with Gasteiger partial charge in [-0.25, -0.2) is 4.68 Å². The number of rotatable bonds is 5. The third kappa shape index (κ3) is 4.56. The highest BCUT2D eigenvalue weighted by atomic mass is 16.1. The van der Waals surface area contributed by atoms with Crippen LogP contribution in [0.4, 0.5) is 5.69 Å². The Morgan fingerprint density at radius 1 is 1.14 bits per heavy atom. The Labute approximate surface area is 171 Å². The molecule has 29 heavy (non-hydrogen) atoms. The summed E-state index contributed by atoms with van der Waals surface area (Å²) < 4.78 is 1.91. The fourth-order valence-corrected chi connectivity index (χ4v) is 3.96. The van der Waals surface area contributed by atoms with E-state index in [1.54, 1.807) is 0 Å². The molecule has 7 nitrogen and oxygen atoms in total. The van der Waals surface area contributed by atoms with E-state index in [9.17, 15) is 4.79 Å². The van der Waals surface area contributed by atoms with Gasteiger partial charge in [-0.15, -0.1) is 0 Å². The SMILES string of the molecule is Cc1cc(C)n(-c2ccc(NC(=O)C3CCN(Cc4cc(C)[nH]n4)CC3)cc2)n1. The van der Waals surface area contributed by atoms with Crippen LogP contribution < -0.4 is 5.32 Å². The molecule has 3 heterocycles. The zero-order valence-corrected chi connectivity index (χ0v) is 17.3. The van der Waals surface area contributed by atoms with Gasteiger partial charge in [-0.1, -0.05) is 0 Å². The normalized spacial score (nSPS) is 15.6. The van der Waals surface area contributed by atoms with E-state index in [4.69, 9.17) is 0 Å². The van der Waals surface area contributed by atoms with Crippen molar-refractivity contribution < 1.29 is 4.79 Å². The van der Waals surface area contributed by atoms with E-state index >= 15 is 0 Å². The summed E-state index contributed by atoms with van der Waals surface area (Å²) in [6.45, 7) is 8.71. The molecule has 1 saturated heterocycles. The summed E-state index contributed by atoms with van der Waals surface area (Å²) in [4.78, 5) is 15.0. The van der Waals surface area contributed by atoms with Gasteiger partial charge in [-0.05, 0) is 83.1 Å². The van der Waals surface area contributed by atoms with Crippen molar-refractivity contribution in [2.24, 2.45) is 5.92 Å².